The maximum Gasteiger partial charge on any atom is 0.314 e. The number of amides is 2. The first-order valence-electron chi connectivity index (χ1n) is 7.20. The van der Waals surface area contributed by atoms with Gasteiger partial charge in [-0.25, -0.2) is 4.39 Å². The van der Waals surface area contributed by atoms with Crippen LogP contribution in [0.5, 0.6) is 5.75 Å². The summed E-state index contributed by atoms with van der Waals surface area (Å²) in [5.74, 6) is -1.67. The first-order chi connectivity index (χ1) is 10.3. The number of ether oxygens (including phenoxy) is 1. The molecule has 1 aliphatic carbocycles. The molecular formula is C16H21FN2O3. The van der Waals surface area contributed by atoms with Gasteiger partial charge in [0.25, 0.3) is 0 Å². The number of nitrogens with one attached hydrogen (secondary N) is 1. The molecule has 0 saturated heterocycles. The molecule has 0 bridgehead atoms. The Bertz CT molecular complexity index is 599. The van der Waals surface area contributed by atoms with E-state index in [-0.39, 0.29) is 17.1 Å². The molecule has 0 radical (unpaired) electrons. The Balaban J connectivity index is 2.08. The molecule has 0 spiro atoms. The SMILES string of the molecule is COc1ccc(F)cc1NC(=O)C(=O)N(C)C(C)C1(C)CC1. The lowest BCUT2D eigenvalue weighted by Crippen LogP contribution is -2.45. The number of carbonyl (C=O) groups excluding carboxylic acids is 2. The van der Waals surface area contributed by atoms with Crippen molar-refractivity contribution >= 4 is 17.5 Å². The molecule has 6 heteroatoms. The zero-order chi connectivity index (χ0) is 16.5. The van der Waals surface area contributed by atoms with Gasteiger partial charge in [-0.05, 0) is 37.3 Å². The Morgan fingerprint density at radius 1 is 1.41 bits per heavy atom. The van der Waals surface area contributed by atoms with Gasteiger partial charge in [0.2, 0.25) is 0 Å². The van der Waals surface area contributed by atoms with E-state index in [9.17, 15) is 14.0 Å². The highest BCUT2D eigenvalue weighted by atomic mass is 19.1. The number of rotatable bonds is 4. The molecule has 1 saturated carbocycles. The number of anilines is 1. The Morgan fingerprint density at radius 3 is 2.59 bits per heavy atom. The van der Waals surface area contributed by atoms with Crippen LogP contribution in [0.1, 0.15) is 26.7 Å². The standard InChI is InChI=1S/C16H21FN2O3/c1-10(16(2)7-8-16)19(3)15(21)14(20)18-12-9-11(17)5-6-13(12)22-4/h5-6,9-10H,7-8H2,1-4H3,(H,18,20). The number of nitrogens with zero attached hydrogens (tertiary/aromatic N) is 1. The fourth-order valence-electron chi connectivity index (χ4n) is 2.37. The van der Waals surface area contributed by atoms with Crippen molar-refractivity contribution in [3.05, 3.63) is 24.0 Å². The van der Waals surface area contributed by atoms with E-state index in [2.05, 4.69) is 12.2 Å². The Hall–Kier alpha value is -2.11. The van der Waals surface area contributed by atoms with Gasteiger partial charge >= 0.3 is 11.8 Å². The molecule has 0 aliphatic heterocycles. The van der Waals surface area contributed by atoms with E-state index in [4.69, 9.17) is 4.74 Å². The van der Waals surface area contributed by atoms with E-state index in [0.717, 1.165) is 18.9 Å². The van der Waals surface area contributed by atoms with Gasteiger partial charge in [0.05, 0.1) is 12.8 Å². The lowest BCUT2D eigenvalue weighted by molar-refractivity contribution is -0.144. The van der Waals surface area contributed by atoms with E-state index in [0.29, 0.717) is 5.75 Å². The van der Waals surface area contributed by atoms with Crippen LogP contribution in [-0.4, -0.2) is 36.9 Å². The lowest BCUT2D eigenvalue weighted by Gasteiger charge is -2.29. The van der Waals surface area contributed by atoms with Crippen molar-refractivity contribution < 1.29 is 18.7 Å². The minimum absolute atomic E-state index is 0.0276. The molecule has 1 aromatic rings. The summed E-state index contributed by atoms with van der Waals surface area (Å²) in [5, 5.41) is 2.41. The second-order valence-electron chi connectivity index (χ2n) is 6.04. The zero-order valence-electron chi connectivity index (χ0n) is 13.3. The molecule has 22 heavy (non-hydrogen) atoms. The zero-order valence-corrected chi connectivity index (χ0v) is 13.3. The smallest absolute Gasteiger partial charge is 0.314 e. The molecule has 1 N–H and O–H groups in total. The van der Waals surface area contributed by atoms with Crippen LogP contribution in [0.15, 0.2) is 18.2 Å². The van der Waals surface area contributed by atoms with Crippen molar-refractivity contribution in [1.29, 1.82) is 0 Å². The van der Waals surface area contributed by atoms with E-state index in [1.54, 1.807) is 7.05 Å². The maximum absolute atomic E-state index is 13.3. The highest BCUT2D eigenvalue weighted by molar-refractivity contribution is 6.39. The summed E-state index contributed by atoms with van der Waals surface area (Å²) in [7, 11) is 3.02. The van der Waals surface area contributed by atoms with Crippen LogP contribution in [0.3, 0.4) is 0 Å². The normalized spacial score (nSPS) is 16.6. The van der Waals surface area contributed by atoms with Crippen LogP contribution in [0, 0.1) is 11.2 Å². The average Bonchev–Trinajstić information content (AvgIpc) is 3.24. The summed E-state index contributed by atoms with van der Waals surface area (Å²) in [6.45, 7) is 4.02. The maximum atomic E-state index is 13.3. The molecule has 1 aliphatic rings. The molecule has 2 amide bonds. The quantitative estimate of drug-likeness (QED) is 0.869. The fraction of sp³-hybridized carbons (Fsp3) is 0.500. The second kappa shape index (κ2) is 5.94. The highest BCUT2D eigenvalue weighted by Crippen LogP contribution is 2.49. The van der Waals surface area contributed by atoms with Gasteiger partial charge in [0.15, 0.2) is 0 Å². The number of halogens is 1. The summed E-state index contributed by atoms with van der Waals surface area (Å²) in [4.78, 5) is 25.8. The number of benzene rings is 1. The van der Waals surface area contributed by atoms with Crippen LogP contribution < -0.4 is 10.1 Å². The molecule has 1 aromatic carbocycles. The van der Waals surface area contributed by atoms with Crippen molar-refractivity contribution in [3.63, 3.8) is 0 Å². The molecule has 1 atom stereocenters. The predicted molar refractivity (Wildman–Crippen MR) is 81.2 cm³/mol. The fourth-order valence-corrected chi connectivity index (χ4v) is 2.37. The summed E-state index contributed by atoms with van der Waals surface area (Å²) >= 11 is 0. The van der Waals surface area contributed by atoms with Gasteiger partial charge in [0, 0.05) is 19.2 Å². The molecule has 2 rings (SSSR count). The van der Waals surface area contributed by atoms with Crippen LogP contribution in [0.4, 0.5) is 10.1 Å². The molecular weight excluding hydrogens is 287 g/mol. The van der Waals surface area contributed by atoms with E-state index in [1.165, 1.54) is 24.1 Å². The Kier molecular flexibility index (Phi) is 4.39. The molecule has 120 valence electrons. The molecule has 1 unspecified atom stereocenters. The molecule has 0 heterocycles. The average molecular weight is 308 g/mol. The van der Waals surface area contributed by atoms with Gasteiger partial charge in [-0.15, -0.1) is 0 Å². The van der Waals surface area contributed by atoms with E-state index in [1.807, 2.05) is 6.92 Å². The van der Waals surface area contributed by atoms with Crippen LogP contribution in [0.2, 0.25) is 0 Å². The minimum atomic E-state index is -0.803. The number of likely N-dealkylation sites (N-methyl/N-ethyl adjacent to an activating group) is 1. The van der Waals surface area contributed by atoms with Crippen LogP contribution in [0.25, 0.3) is 0 Å². The minimum Gasteiger partial charge on any atom is -0.495 e. The number of methoxy groups -OCH3 is 1. The predicted octanol–water partition coefficient (Wildman–Crippen LogP) is 2.42. The van der Waals surface area contributed by atoms with Crippen LogP contribution in [-0.2, 0) is 9.59 Å². The number of hydrogen-bond acceptors (Lipinski definition) is 3. The van der Waals surface area contributed by atoms with Crippen molar-refractivity contribution in [2.75, 3.05) is 19.5 Å². The lowest BCUT2D eigenvalue weighted by atomic mass is 9.99. The van der Waals surface area contributed by atoms with E-state index < -0.39 is 17.6 Å². The summed E-state index contributed by atoms with van der Waals surface area (Å²) in [6.07, 6.45) is 2.09. The van der Waals surface area contributed by atoms with Crippen molar-refractivity contribution in [2.24, 2.45) is 5.41 Å². The second-order valence-corrected chi connectivity index (χ2v) is 6.04. The molecule has 5 nitrogen and oxygen atoms in total. The Morgan fingerprint density at radius 2 is 2.05 bits per heavy atom. The molecule has 1 fully saturated rings. The summed E-state index contributed by atoms with van der Waals surface area (Å²) < 4.78 is 18.3. The molecule has 0 aromatic heterocycles. The number of carbonyl (C=O) groups is 2. The van der Waals surface area contributed by atoms with Gasteiger partial charge in [-0.1, -0.05) is 6.92 Å². The number of hydrogen-bond donors (Lipinski definition) is 1. The van der Waals surface area contributed by atoms with Crippen molar-refractivity contribution in [1.82, 2.24) is 4.90 Å². The van der Waals surface area contributed by atoms with Gasteiger partial charge in [-0.3, -0.25) is 9.59 Å². The highest BCUT2D eigenvalue weighted by Gasteiger charge is 2.45. The van der Waals surface area contributed by atoms with Gasteiger partial charge in [0.1, 0.15) is 11.6 Å². The van der Waals surface area contributed by atoms with Crippen molar-refractivity contribution in [2.45, 2.75) is 32.7 Å². The van der Waals surface area contributed by atoms with Crippen LogP contribution >= 0.6 is 0 Å². The van der Waals surface area contributed by atoms with Crippen molar-refractivity contribution in [3.8, 4) is 5.75 Å². The topological polar surface area (TPSA) is 58.6 Å². The van der Waals surface area contributed by atoms with Gasteiger partial charge in [-0.2, -0.15) is 0 Å². The third-order valence-electron chi connectivity index (χ3n) is 4.55. The third-order valence-corrected chi connectivity index (χ3v) is 4.55. The Labute approximate surface area is 129 Å². The first-order valence-corrected chi connectivity index (χ1v) is 7.20. The van der Waals surface area contributed by atoms with Gasteiger partial charge < -0.3 is 15.0 Å². The third kappa shape index (κ3) is 3.21. The first kappa shape index (κ1) is 16.3. The van der Waals surface area contributed by atoms with E-state index >= 15 is 0 Å². The monoisotopic (exact) mass is 308 g/mol. The summed E-state index contributed by atoms with van der Waals surface area (Å²) in [5.41, 5.74) is 0.223. The summed E-state index contributed by atoms with van der Waals surface area (Å²) in [6, 6.07) is 3.71. The largest absolute Gasteiger partial charge is 0.495 e.